The molecule has 1 heterocycles. The Kier molecular flexibility index (Phi) is 4.78. The zero-order valence-corrected chi connectivity index (χ0v) is 11.6. The SMILES string of the molecule is CC1CCCC(NCc2ccc(CC(=O)O)s2)C1. The van der Waals surface area contributed by atoms with Gasteiger partial charge in [-0.1, -0.05) is 19.8 Å². The van der Waals surface area contributed by atoms with Crippen LogP contribution in [0.4, 0.5) is 0 Å². The maximum absolute atomic E-state index is 10.6. The molecule has 2 N–H and O–H groups in total. The highest BCUT2D eigenvalue weighted by Gasteiger charge is 2.18. The minimum absolute atomic E-state index is 0.144. The second kappa shape index (κ2) is 6.34. The lowest BCUT2D eigenvalue weighted by atomic mass is 9.87. The molecular weight excluding hydrogens is 246 g/mol. The Morgan fingerprint density at radius 2 is 2.22 bits per heavy atom. The first kappa shape index (κ1) is 13.6. The summed E-state index contributed by atoms with van der Waals surface area (Å²) in [4.78, 5) is 12.8. The molecular formula is C14H21NO2S. The molecule has 1 aromatic rings. The van der Waals surface area contributed by atoms with Crippen LogP contribution in [-0.4, -0.2) is 17.1 Å². The Balaban J connectivity index is 1.79. The summed E-state index contributed by atoms with van der Waals surface area (Å²) in [6.45, 7) is 3.20. The van der Waals surface area contributed by atoms with Crippen molar-refractivity contribution < 1.29 is 9.90 Å². The molecule has 0 spiro atoms. The van der Waals surface area contributed by atoms with Gasteiger partial charge in [0, 0.05) is 22.3 Å². The van der Waals surface area contributed by atoms with Crippen LogP contribution in [0.25, 0.3) is 0 Å². The number of carbonyl (C=O) groups is 1. The monoisotopic (exact) mass is 267 g/mol. The van der Waals surface area contributed by atoms with Crippen molar-refractivity contribution in [1.29, 1.82) is 0 Å². The van der Waals surface area contributed by atoms with E-state index in [1.807, 2.05) is 12.1 Å². The number of aliphatic carboxylic acids is 1. The summed E-state index contributed by atoms with van der Waals surface area (Å²) in [5.74, 6) is 0.0830. The lowest BCUT2D eigenvalue weighted by Crippen LogP contribution is -2.32. The maximum atomic E-state index is 10.6. The zero-order chi connectivity index (χ0) is 13.0. The highest BCUT2D eigenvalue weighted by atomic mass is 32.1. The third-order valence-electron chi connectivity index (χ3n) is 3.54. The molecule has 0 amide bonds. The van der Waals surface area contributed by atoms with Crippen LogP contribution in [0.1, 0.15) is 42.4 Å². The third kappa shape index (κ3) is 4.10. The van der Waals surface area contributed by atoms with E-state index in [0.29, 0.717) is 6.04 Å². The Morgan fingerprint density at radius 1 is 1.44 bits per heavy atom. The van der Waals surface area contributed by atoms with Crippen molar-refractivity contribution in [3.8, 4) is 0 Å². The first-order valence-electron chi connectivity index (χ1n) is 6.66. The van der Waals surface area contributed by atoms with Gasteiger partial charge in [0.15, 0.2) is 0 Å². The fourth-order valence-corrected chi connectivity index (χ4v) is 3.59. The van der Waals surface area contributed by atoms with Crippen LogP contribution in [0.2, 0.25) is 0 Å². The average molecular weight is 267 g/mol. The summed E-state index contributed by atoms with van der Waals surface area (Å²) in [6, 6.07) is 4.61. The van der Waals surface area contributed by atoms with Gasteiger partial charge in [0.25, 0.3) is 0 Å². The first-order valence-corrected chi connectivity index (χ1v) is 7.48. The van der Waals surface area contributed by atoms with Crippen LogP contribution in [0.3, 0.4) is 0 Å². The summed E-state index contributed by atoms with van der Waals surface area (Å²) in [7, 11) is 0. The van der Waals surface area contributed by atoms with E-state index < -0.39 is 5.97 Å². The molecule has 1 saturated carbocycles. The first-order chi connectivity index (χ1) is 8.63. The fourth-order valence-electron chi connectivity index (χ4n) is 2.63. The number of carboxylic acids is 1. The van der Waals surface area contributed by atoms with Crippen LogP contribution >= 0.6 is 11.3 Å². The summed E-state index contributed by atoms with van der Waals surface area (Å²) in [6.07, 6.45) is 5.38. The molecule has 4 heteroatoms. The van der Waals surface area contributed by atoms with E-state index in [9.17, 15) is 4.79 Å². The Morgan fingerprint density at radius 3 is 2.94 bits per heavy atom. The zero-order valence-electron chi connectivity index (χ0n) is 10.8. The topological polar surface area (TPSA) is 49.3 Å². The molecule has 0 aliphatic heterocycles. The lowest BCUT2D eigenvalue weighted by Gasteiger charge is -2.27. The Bertz CT molecular complexity index is 402. The molecule has 0 saturated heterocycles. The van der Waals surface area contributed by atoms with Crippen molar-refractivity contribution in [3.63, 3.8) is 0 Å². The van der Waals surface area contributed by atoms with Gasteiger partial charge in [-0.15, -0.1) is 11.3 Å². The second-order valence-electron chi connectivity index (χ2n) is 5.29. The molecule has 1 aliphatic rings. The van der Waals surface area contributed by atoms with Gasteiger partial charge in [0.2, 0.25) is 0 Å². The van der Waals surface area contributed by atoms with Crippen molar-refractivity contribution in [2.24, 2.45) is 5.92 Å². The van der Waals surface area contributed by atoms with E-state index in [1.54, 1.807) is 11.3 Å². The molecule has 0 aromatic carbocycles. The van der Waals surface area contributed by atoms with Gasteiger partial charge in [-0.3, -0.25) is 4.79 Å². The van der Waals surface area contributed by atoms with E-state index in [1.165, 1.54) is 30.6 Å². The number of rotatable bonds is 5. The fraction of sp³-hybridized carbons (Fsp3) is 0.643. The van der Waals surface area contributed by atoms with Gasteiger partial charge in [-0.25, -0.2) is 0 Å². The highest BCUT2D eigenvalue weighted by molar-refractivity contribution is 7.12. The predicted octanol–water partition coefficient (Wildman–Crippen LogP) is 3.04. The van der Waals surface area contributed by atoms with Crippen LogP contribution in [0.15, 0.2) is 12.1 Å². The molecule has 1 fully saturated rings. The molecule has 1 aromatic heterocycles. The summed E-state index contributed by atoms with van der Waals surface area (Å²) < 4.78 is 0. The van der Waals surface area contributed by atoms with Gasteiger partial charge in [-0.05, 0) is 30.9 Å². The van der Waals surface area contributed by atoms with Crippen molar-refractivity contribution in [1.82, 2.24) is 5.32 Å². The van der Waals surface area contributed by atoms with Crippen molar-refractivity contribution in [2.45, 2.75) is 51.6 Å². The van der Waals surface area contributed by atoms with Gasteiger partial charge in [0.05, 0.1) is 6.42 Å². The molecule has 0 radical (unpaired) electrons. The largest absolute Gasteiger partial charge is 0.481 e. The summed E-state index contributed by atoms with van der Waals surface area (Å²) >= 11 is 1.61. The lowest BCUT2D eigenvalue weighted by molar-refractivity contribution is -0.136. The van der Waals surface area contributed by atoms with E-state index in [2.05, 4.69) is 12.2 Å². The number of carboxylic acid groups (broad SMARTS) is 1. The number of nitrogens with one attached hydrogen (secondary N) is 1. The van der Waals surface area contributed by atoms with E-state index >= 15 is 0 Å². The Labute approximate surface area is 112 Å². The van der Waals surface area contributed by atoms with E-state index in [-0.39, 0.29) is 6.42 Å². The van der Waals surface area contributed by atoms with Crippen LogP contribution in [-0.2, 0) is 17.8 Å². The molecule has 0 bridgehead atoms. The molecule has 3 nitrogen and oxygen atoms in total. The van der Waals surface area contributed by atoms with Crippen molar-refractivity contribution in [2.75, 3.05) is 0 Å². The molecule has 2 atom stereocenters. The summed E-state index contributed by atoms with van der Waals surface area (Å²) in [5.41, 5.74) is 0. The predicted molar refractivity (Wildman–Crippen MR) is 73.9 cm³/mol. The molecule has 2 unspecified atom stereocenters. The summed E-state index contributed by atoms with van der Waals surface area (Å²) in [5, 5.41) is 12.3. The molecule has 100 valence electrons. The standard InChI is InChI=1S/C14H21NO2S/c1-10-3-2-4-11(7-10)15-9-13-6-5-12(18-13)8-14(16)17/h5-6,10-11,15H,2-4,7-9H2,1H3,(H,16,17). The smallest absolute Gasteiger partial charge is 0.308 e. The molecule has 1 aliphatic carbocycles. The van der Waals surface area contributed by atoms with Gasteiger partial charge in [0.1, 0.15) is 0 Å². The average Bonchev–Trinajstić information content (AvgIpc) is 2.73. The van der Waals surface area contributed by atoms with Gasteiger partial charge < -0.3 is 10.4 Å². The normalized spacial score (nSPS) is 24.1. The highest BCUT2D eigenvalue weighted by Crippen LogP contribution is 2.24. The minimum Gasteiger partial charge on any atom is -0.481 e. The Hall–Kier alpha value is -0.870. The van der Waals surface area contributed by atoms with Crippen molar-refractivity contribution >= 4 is 17.3 Å². The van der Waals surface area contributed by atoms with Crippen LogP contribution < -0.4 is 5.32 Å². The number of hydrogen-bond donors (Lipinski definition) is 2. The van der Waals surface area contributed by atoms with Gasteiger partial charge >= 0.3 is 5.97 Å². The number of thiophene rings is 1. The third-order valence-corrected chi connectivity index (χ3v) is 4.63. The molecule has 2 rings (SSSR count). The van der Waals surface area contributed by atoms with Crippen LogP contribution in [0, 0.1) is 5.92 Å². The van der Waals surface area contributed by atoms with E-state index in [0.717, 1.165) is 17.3 Å². The number of hydrogen-bond acceptors (Lipinski definition) is 3. The molecule has 18 heavy (non-hydrogen) atoms. The van der Waals surface area contributed by atoms with Crippen LogP contribution in [0.5, 0.6) is 0 Å². The second-order valence-corrected chi connectivity index (χ2v) is 6.54. The van der Waals surface area contributed by atoms with Gasteiger partial charge in [-0.2, -0.15) is 0 Å². The minimum atomic E-state index is -0.752. The quantitative estimate of drug-likeness (QED) is 0.862. The van der Waals surface area contributed by atoms with E-state index in [4.69, 9.17) is 5.11 Å². The maximum Gasteiger partial charge on any atom is 0.308 e. The van der Waals surface area contributed by atoms with Crippen molar-refractivity contribution in [3.05, 3.63) is 21.9 Å².